The molecule has 0 rings (SSSR count). The fourth-order valence-electron chi connectivity index (χ4n) is 0.0830. The third kappa shape index (κ3) is 119. The van der Waals surface area contributed by atoms with E-state index in [1.54, 1.807) is 0 Å². The summed E-state index contributed by atoms with van der Waals surface area (Å²) in [6.07, 6.45) is -0.734. The van der Waals surface area contributed by atoms with Crippen molar-refractivity contribution in [1.29, 1.82) is 0 Å². The molecule has 0 aromatic rings. The molecule has 0 aliphatic carbocycles. The van der Waals surface area contributed by atoms with Gasteiger partial charge in [-0.1, -0.05) is 14.9 Å². The van der Waals surface area contributed by atoms with Crippen LogP contribution in [0, 0.1) is 0 Å². The smallest absolute Gasteiger partial charge is 0.223 e. The molecule has 2 amide bonds. The number of rotatable bonds is 1. The van der Waals surface area contributed by atoms with E-state index in [2.05, 4.69) is 7.85 Å². The molecule has 4 nitrogen and oxygen atoms in total. The largest absolute Gasteiger partial charge is 0.316 e. The van der Waals surface area contributed by atoms with Crippen molar-refractivity contribution in [1.82, 2.24) is 5.32 Å². The van der Waals surface area contributed by atoms with Crippen molar-refractivity contribution >= 4 is 26.3 Å². The van der Waals surface area contributed by atoms with Crippen molar-refractivity contribution in [3.05, 3.63) is 0 Å². The maximum absolute atomic E-state index is 9.70. The number of nitrogens with one attached hydrogen (secondary N) is 1. The summed E-state index contributed by atoms with van der Waals surface area (Å²) in [6, 6.07) is 0. The van der Waals surface area contributed by atoms with E-state index in [4.69, 9.17) is 6.17 Å². The first-order chi connectivity index (χ1) is 4.50. The zero-order valence-corrected chi connectivity index (χ0v) is 4.88. The highest BCUT2D eigenvalue weighted by Gasteiger charge is 1.79. The minimum Gasteiger partial charge on any atom is -0.316 e. The van der Waals surface area contributed by atoms with Gasteiger partial charge >= 0.3 is 0 Å². The lowest BCUT2D eigenvalue weighted by molar-refractivity contribution is -0.123. The second-order valence-corrected chi connectivity index (χ2v) is 0.936. The van der Waals surface area contributed by atoms with E-state index in [1.165, 1.54) is 6.92 Å². The third-order valence-corrected chi connectivity index (χ3v) is 0.262. The summed E-state index contributed by atoms with van der Waals surface area (Å²) < 4.78 is 5.72. The first-order valence-corrected chi connectivity index (χ1v) is 1.97. The van der Waals surface area contributed by atoms with Crippen molar-refractivity contribution in [2.24, 2.45) is 0 Å². The minimum atomic E-state index is -1.08. The maximum atomic E-state index is 9.70. The van der Waals surface area contributed by atoms with Gasteiger partial charge in [-0.3, -0.25) is 14.9 Å². The fourth-order valence-corrected chi connectivity index (χ4v) is 0.0830. The van der Waals surface area contributed by atoms with Crippen LogP contribution >= 0.6 is 0 Å². The highest BCUT2D eigenvalue weighted by Crippen LogP contribution is 1.47. The summed E-state index contributed by atoms with van der Waals surface area (Å²) in [7, 11) is 4.14. The van der Waals surface area contributed by atoms with E-state index in [0.29, 0.717) is 6.41 Å². The van der Waals surface area contributed by atoms with Gasteiger partial charge in [-0.05, 0) is 0 Å². The van der Waals surface area contributed by atoms with Crippen LogP contribution in [0.4, 0.5) is 0 Å². The summed E-state index contributed by atoms with van der Waals surface area (Å²) in [5.41, 5.74) is 0. The van der Waals surface area contributed by atoms with Crippen LogP contribution in [0.25, 0.3) is 0 Å². The predicted molar refractivity (Wildman–Crippen MR) is 45.8 cm³/mol. The van der Waals surface area contributed by atoms with Crippen LogP contribution in [0.5, 0.6) is 0 Å². The van der Waals surface area contributed by atoms with E-state index < -0.39 is 6.16 Å². The molecule has 0 heterocycles. The molecule has 0 spiro atoms. The average Bonchev–Trinajstić information content (AvgIpc) is 1.62. The van der Waals surface area contributed by atoms with Crippen LogP contribution in [-0.2, 0) is 14.4 Å². The van der Waals surface area contributed by atoms with Gasteiger partial charge in [-0.25, -0.2) is 0 Å². The van der Waals surface area contributed by atoms with E-state index in [9.17, 15) is 9.59 Å². The van der Waals surface area contributed by atoms with Gasteiger partial charge in [-0.2, -0.15) is 0 Å². The molecule has 0 unspecified atom stereocenters. The Bertz CT molecular complexity index is 137. The molecule has 0 fully saturated rings. The Balaban J connectivity index is -0.0000000483. The molecule has 0 aliphatic heterocycles. The third-order valence-electron chi connectivity index (χ3n) is 0.262. The second kappa shape index (κ2) is 23.2. The second-order valence-electron chi connectivity index (χ2n) is 0.936. The lowest BCUT2D eigenvalue weighted by Crippen LogP contribution is -2.16. The zero-order valence-electron chi connectivity index (χ0n) is 5.88. The molecule has 11 heavy (non-hydrogen) atoms. The zero-order chi connectivity index (χ0) is 8.57. The first kappa shape index (κ1) is 16.5. The molecular weight excluding hydrogens is 145 g/mol. The first-order valence-electron chi connectivity index (χ1n) is 2.47. The molecule has 0 aromatic heterocycles. The summed E-state index contributed by atoms with van der Waals surface area (Å²) in [6.45, 7) is 1.27. The Kier molecular flexibility index (Phi) is 34.6. The van der Waals surface area contributed by atoms with Crippen molar-refractivity contribution < 1.29 is 15.8 Å². The maximum Gasteiger partial charge on any atom is 0.223 e. The number of hydrogen-bond acceptors (Lipinski definition) is 3. The molecule has 0 aliphatic rings. The van der Waals surface area contributed by atoms with E-state index >= 15 is 0 Å². The van der Waals surface area contributed by atoms with Gasteiger partial charge in [0.1, 0.15) is 0 Å². The topological polar surface area (TPSA) is 63.2 Å². The molecule has 0 bridgehead atoms. The normalized spacial score (nSPS) is 6.09. The Morgan fingerprint density at radius 3 is 1.82 bits per heavy atom. The molecule has 2 radical (unpaired) electrons. The highest BCUT2D eigenvalue weighted by molar-refractivity contribution is 6.48. The van der Waals surface area contributed by atoms with Crippen molar-refractivity contribution in [3.63, 3.8) is 0 Å². The lowest BCUT2D eigenvalue weighted by Gasteiger charge is -1.79. The number of carbonyl (C=O) groups is 3. The van der Waals surface area contributed by atoms with E-state index in [1.807, 2.05) is 5.32 Å². The molecule has 5 heteroatoms. The molecule has 0 aromatic carbocycles. The Morgan fingerprint density at radius 1 is 1.55 bits per heavy atom. The Morgan fingerprint density at radius 2 is 1.82 bits per heavy atom. The molecule has 64 valence electrons. The minimum absolute atomic E-state index is 0. The van der Waals surface area contributed by atoms with Crippen LogP contribution in [-0.4, -0.2) is 26.3 Å². The van der Waals surface area contributed by atoms with E-state index in [0.717, 1.165) is 0 Å². The van der Waals surface area contributed by atoms with Crippen molar-refractivity contribution in [2.45, 2.75) is 21.8 Å². The van der Waals surface area contributed by atoms with Crippen LogP contribution in [0.2, 0.25) is 0 Å². The van der Waals surface area contributed by atoms with Crippen LogP contribution in [0.15, 0.2) is 0 Å². The van der Waals surface area contributed by atoms with Gasteiger partial charge in [0.25, 0.3) is 0 Å². The SMILES string of the molecule is C.C.CC(=O)NC=O.[2H]C([B])=O. The van der Waals surface area contributed by atoms with Crippen LogP contribution in [0.1, 0.15) is 23.1 Å². The number of carbonyl (C=O) groups excluding carboxylic acids is 3. The summed E-state index contributed by atoms with van der Waals surface area (Å²) in [5, 5.41) is 1.89. The van der Waals surface area contributed by atoms with E-state index in [-0.39, 0.29) is 20.8 Å². The fraction of sp³-hybridized carbons (Fsp3) is 0.500. The highest BCUT2D eigenvalue weighted by atomic mass is 16.2. The lowest BCUT2D eigenvalue weighted by atomic mass is 10.2. The van der Waals surface area contributed by atoms with Gasteiger partial charge in [-0.15, -0.1) is 0 Å². The van der Waals surface area contributed by atoms with Gasteiger partial charge in [0, 0.05) is 6.92 Å². The Hall–Kier alpha value is -1.13. The van der Waals surface area contributed by atoms with Crippen molar-refractivity contribution in [2.75, 3.05) is 0 Å². The number of imide groups is 1. The predicted octanol–water partition coefficient (Wildman–Crippen LogP) is -0.104. The van der Waals surface area contributed by atoms with Crippen LogP contribution in [0.3, 0.4) is 0 Å². The number of hydrogen-bond donors (Lipinski definition) is 1. The molecule has 1 N–H and O–H groups in total. The summed E-state index contributed by atoms with van der Waals surface area (Å²) >= 11 is 0. The van der Waals surface area contributed by atoms with Gasteiger partial charge in [0.2, 0.25) is 12.3 Å². The van der Waals surface area contributed by atoms with Crippen molar-refractivity contribution in [3.8, 4) is 0 Å². The molecule has 0 saturated carbocycles. The Labute approximate surface area is 70.2 Å². The monoisotopic (exact) mass is 160 g/mol. The van der Waals surface area contributed by atoms with Gasteiger partial charge in [0.05, 0.1) is 7.53 Å². The average molecular weight is 160 g/mol. The molecular formula is C6H14BNO3. The van der Waals surface area contributed by atoms with Crippen LogP contribution < -0.4 is 5.32 Å². The number of amides is 2. The molecule has 0 saturated heterocycles. The summed E-state index contributed by atoms with van der Waals surface area (Å²) in [5.74, 6) is -0.329. The summed E-state index contributed by atoms with van der Waals surface area (Å²) in [4.78, 5) is 27.9. The van der Waals surface area contributed by atoms with Gasteiger partial charge in [0.15, 0.2) is 7.85 Å². The quantitative estimate of drug-likeness (QED) is 0.430. The van der Waals surface area contributed by atoms with Gasteiger partial charge < -0.3 is 4.79 Å². The molecule has 0 atom stereocenters. The standard InChI is InChI=1S/C3H5NO2.CHBO.2CH4/c1-3(6)4-2-5;2-1-3;;/h2H,1H3,(H,4,5,6);1H;2*1H4/i;1D;;.